The number of carbonyl (C=O) groups is 2. The van der Waals surface area contributed by atoms with E-state index in [1.54, 1.807) is 12.4 Å². The second-order valence-electron chi connectivity index (χ2n) is 7.67. The monoisotopic (exact) mass is 419 g/mol. The summed E-state index contributed by atoms with van der Waals surface area (Å²) in [7, 11) is 0. The Balaban J connectivity index is 1.34. The molecular formula is C24H25N3O2S. The standard InChI is InChI=1S/C24H25N3O2S/c1-17-4-6-19(7-5-17)21-10-14-30-22(21)24(29)27-12-8-20(9-13-27)23(28)26-16-18-3-2-11-25-15-18/h2-7,10-11,14-15,20H,8-9,12-13,16H2,1H3,(H,26,28). The van der Waals surface area contributed by atoms with Crippen LogP contribution in [0.2, 0.25) is 0 Å². The first-order valence-corrected chi connectivity index (χ1v) is 11.1. The zero-order chi connectivity index (χ0) is 20.9. The van der Waals surface area contributed by atoms with Gasteiger partial charge in [-0.05, 0) is 48.4 Å². The van der Waals surface area contributed by atoms with Gasteiger partial charge in [0.2, 0.25) is 5.91 Å². The van der Waals surface area contributed by atoms with E-state index in [1.807, 2.05) is 28.5 Å². The number of hydrogen-bond donors (Lipinski definition) is 1. The normalized spacial score (nSPS) is 14.5. The molecule has 1 saturated heterocycles. The summed E-state index contributed by atoms with van der Waals surface area (Å²) >= 11 is 1.49. The predicted octanol–water partition coefficient (Wildman–Crippen LogP) is 4.29. The van der Waals surface area contributed by atoms with Crippen LogP contribution in [0.15, 0.2) is 60.2 Å². The highest BCUT2D eigenvalue weighted by molar-refractivity contribution is 7.12. The number of hydrogen-bond acceptors (Lipinski definition) is 4. The van der Waals surface area contributed by atoms with Crippen molar-refractivity contribution in [1.29, 1.82) is 0 Å². The zero-order valence-corrected chi connectivity index (χ0v) is 17.8. The van der Waals surface area contributed by atoms with Crippen molar-refractivity contribution in [3.05, 3.63) is 76.2 Å². The number of nitrogens with zero attached hydrogens (tertiary/aromatic N) is 2. The van der Waals surface area contributed by atoms with Gasteiger partial charge < -0.3 is 10.2 Å². The molecule has 0 saturated carbocycles. The van der Waals surface area contributed by atoms with Gasteiger partial charge in [0.05, 0.1) is 4.88 Å². The van der Waals surface area contributed by atoms with E-state index in [4.69, 9.17) is 0 Å². The highest BCUT2D eigenvalue weighted by atomic mass is 32.1. The molecule has 1 fully saturated rings. The number of rotatable bonds is 5. The molecule has 154 valence electrons. The van der Waals surface area contributed by atoms with Gasteiger partial charge in [-0.3, -0.25) is 14.6 Å². The second kappa shape index (κ2) is 9.22. The molecule has 1 aromatic carbocycles. The summed E-state index contributed by atoms with van der Waals surface area (Å²) in [5.41, 5.74) is 4.24. The lowest BCUT2D eigenvalue weighted by Gasteiger charge is -2.31. The number of aryl methyl sites for hydroxylation is 1. The Labute approximate surface area is 180 Å². The van der Waals surface area contributed by atoms with Gasteiger partial charge in [-0.25, -0.2) is 0 Å². The first kappa shape index (κ1) is 20.3. The van der Waals surface area contributed by atoms with E-state index in [-0.39, 0.29) is 17.7 Å². The van der Waals surface area contributed by atoms with E-state index in [0.717, 1.165) is 21.6 Å². The Hall–Kier alpha value is -2.99. The molecule has 30 heavy (non-hydrogen) atoms. The molecule has 0 bridgehead atoms. The SMILES string of the molecule is Cc1ccc(-c2ccsc2C(=O)N2CCC(C(=O)NCc3cccnc3)CC2)cc1. The number of piperidine rings is 1. The van der Waals surface area contributed by atoms with E-state index in [1.165, 1.54) is 16.9 Å². The van der Waals surface area contributed by atoms with E-state index < -0.39 is 0 Å². The Morgan fingerprint density at radius 1 is 1.13 bits per heavy atom. The topological polar surface area (TPSA) is 62.3 Å². The van der Waals surface area contributed by atoms with Crippen LogP contribution in [-0.2, 0) is 11.3 Å². The van der Waals surface area contributed by atoms with Gasteiger partial charge in [0, 0.05) is 43.5 Å². The van der Waals surface area contributed by atoms with Crippen molar-refractivity contribution in [1.82, 2.24) is 15.2 Å². The van der Waals surface area contributed by atoms with Crippen molar-refractivity contribution >= 4 is 23.2 Å². The number of amides is 2. The number of aromatic nitrogens is 1. The minimum absolute atomic E-state index is 0.0503. The van der Waals surface area contributed by atoms with Crippen molar-refractivity contribution in [3.8, 4) is 11.1 Å². The minimum atomic E-state index is -0.0503. The van der Waals surface area contributed by atoms with Crippen LogP contribution in [0.4, 0.5) is 0 Å². The van der Waals surface area contributed by atoms with Crippen LogP contribution in [0.5, 0.6) is 0 Å². The van der Waals surface area contributed by atoms with Crippen molar-refractivity contribution in [2.45, 2.75) is 26.3 Å². The number of pyridine rings is 1. The van der Waals surface area contributed by atoms with Gasteiger partial charge in [-0.1, -0.05) is 35.9 Å². The molecule has 0 aliphatic carbocycles. The fraction of sp³-hybridized carbons (Fsp3) is 0.292. The Bertz CT molecular complexity index is 1010. The van der Waals surface area contributed by atoms with Crippen molar-refractivity contribution < 1.29 is 9.59 Å². The highest BCUT2D eigenvalue weighted by Gasteiger charge is 2.29. The van der Waals surface area contributed by atoms with Crippen molar-refractivity contribution in [2.24, 2.45) is 5.92 Å². The number of nitrogens with one attached hydrogen (secondary N) is 1. The van der Waals surface area contributed by atoms with Gasteiger partial charge in [-0.2, -0.15) is 0 Å². The molecule has 0 radical (unpaired) electrons. The van der Waals surface area contributed by atoms with Crippen LogP contribution in [0, 0.1) is 12.8 Å². The quantitative estimate of drug-likeness (QED) is 0.671. The Morgan fingerprint density at radius 2 is 1.90 bits per heavy atom. The maximum absolute atomic E-state index is 13.1. The van der Waals surface area contributed by atoms with E-state index in [9.17, 15) is 9.59 Å². The summed E-state index contributed by atoms with van der Waals surface area (Å²) in [6.45, 7) is 3.76. The predicted molar refractivity (Wildman–Crippen MR) is 119 cm³/mol. The third-order valence-corrected chi connectivity index (χ3v) is 6.47. The van der Waals surface area contributed by atoms with Crippen LogP contribution in [0.25, 0.3) is 11.1 Å². The lowest BCUT2D eigenvalue weighted by atomic mass is 9.95. The third kappa shape index (κ3) is 4.60. The Kier molecular flexibility index (Phi) is 6.23. The first-order valence-electron chi connectivity index (χ1n) is 10.2. The molecule has 0 unspecified atom stereocenters. The lowest BCUT2D eigenvalue weighted by molar-refractivity contribution is -0.126. The fourth-order valence-electron chi connectivity index (χ4n) is 3.76. The van der Waals surface area contributed by atoms with Gasteiger partial charge >= 0.3 is 0 Å². The number of thiophene rings is 1. The number of benzene rings is 1. The maximum atomic E-state index is 13.1. The average molecular weight is 420 g/mol. The van der Waals surface area contributed by atoms with Crippen LogP contribution >= 0.6 is 11.3 Å². The number of likely N-dealkylation sites (tertiary alicyclic amines) is 1. The van der Waals surface area contributed by atoms with E-state index in [2.05, 4.69) is 41.5 Å². The second-order valence-corrected chi connectivity index (χ2v) is 8.59. The molecule has 5 nitrogen and oxygen atoms in total. The molecule has 0 spiro atoms. The summed E-state index contributed by atoms with van der Waals surface area (Å²) in [6, 6.07) is 14.1. The number of carbonyl (C=O) groups excluding carboxylic acids is 2. The molecule has 2 aromatic heterocycles. The molecule has 1 aliphatic heterocycles. The van der Waals surface area contributed by atoms with Crippen LogP contribution < -0.4 is 5.32 Å². The molecule has 3 aromatic rings. The molecule has 4 rings (SSSR count). The van der Waals surface area contributed by atoms with E-state index in [0.29, 0.717) is 32.5 Å². The van der Waals surface area contributed by atoms with Crippen LogP contribution in [0.1, 0.15) is 33.6 Å². The van der Waals surface area contributed by atoms with Crippen molar-refractivity contribution in [2.75, 3.05) is 13.1 Å². The van der Waals surface area contributed by atoms with Gasteiger partial charge in [0.15, 0.2) is 0 Å². The fourth-order valence-corrected chi connectivity index (χ4v) is 4.64. The van der Waals surface area contributed by atoms with Crippen molar-refractivity contribution in [3.63, 3.8) is 0 Å². The summed E-state index contributed by atoms with van der Waals surface area (Å²) in [5, 5.41) is 4.97. The first-order chi connectivity index (χ1) is 14.6. The summed E-state index contributed by atoms with van der Waals surface area (Å²) in [4.78, 5) is 32.4. The maximum Gasteiger partial charge on any atom is 0.264 e. The average Bonchev–Trinajstić information content (AvgIpc) is 3.28. The summed E-state index contributed by atoms with van der Waals surface area (Å²) in [6.07, 6.45) is 4.86. The van der Waals surface area contributed by atoms with Crippen LogP contribution in [0.3, 0.4) is 0 Å². The van der Waals surface area contributed by atoms with Gasteiger partial charge in [0.1, 0.15) is 0 Å². The smallest absolute Gasteiger partial charge is 0.264 e. The van der Waals surface area contributed by atoms with Gasteiger partial charge in [0.25, 0.3) is 5.91 Å². The molecular weight excluding hydrogens is 394 g/mol. The largest absolute Gasteiger partial charge is 0.352 e. The molecule has 6 heteroatoms. The third-order valence-electron chi connectivity index (χ3n) is 5.56. The molecule has 2 amide bonds. The molecule has 3 heterocycles. The molecule has 0 atom stereocenters. The summed E-state index contributed by atoms with van der Waals surface area (Å²) in [5.74, 6) is 0.0721. The van der Waals surface area contributed by atoms with E-state index >= 15 is 0 Å². The molecule has 1 N–H and O–H groups in total. The summed E-state index contributed by atoms with van der Waals surface area (Å²) < 4.78 is 0. The zero-order valence-electron chi connectivity index (χ0n) is 17.0. The highest BCUT2D eigenvalue weighted by Crippen LogP contribution is 2.31. The molecule has 1 aliphatic rings. The van der Waals surface area contributed by atoms with Crippen LogP contribution in [-0.4, -0.2) is 34.8 Å². The minimum Gasteiger partial charge on any atom is -0.352 e. The Morgan fingerprint density at radius 3 is 2.60 bits per heavy atom. The lowest BCUT2D eigenvalue weighted by Crippen LogP contribution is -2.42. The van der Waals surface area contributed by atoms with Gasteiger partial charge in [-0.15, -0.1) is 11.3 Å².